The Labute approximate surface area is 85.5 Å². The molecule has 0 aliphatic heterocycles. The molecular formula is C7H3BrIN. The highest BCUT2D eigenvalue weighted by Crippen LogP contribution is 2.17. The lowest BCUT2D eigenvalue weighted by atomic mass is 10.2. The highest BCUT2D eigenvalue weighted by Gasteiger charge is 1.96. The van der Waals surface area contributed by atoms with Gasteiger partial charge >= 0.3 is 0 Å². The molecule has 0 atom stereocenters. The molecule has 0 N–H and O–H groups in total. The van der Waals surface area contributed by atoms with E-state index in [0.29, 0.717) is 3.57 Å². The van der Waals surface area contributed by atoms with E-state index in [4.69, 9.17) is 9.37 Å². The quantitative estimate of drug-likeness (QED) is 0.676. The predicted octanol–water partition coefficient (Wildman–Crippen LogP) is 2.93. The number of hydrogen-bond acceptors (Lipinski definition) is 1. The molecule has 0 heterocycles. The molecule has 50 valence electrons. The summed E-state index contributed by atoms with van der Waals surface area (Å²) >= 11 is 4.86. The number of hydrogen-bond donors (Lipinski definition) is 0. The van der Waals surface area contributed by atoms with Gasteiger partial charge in [0.05, 0.1) is 9.68 Å². The van der Waals surface area contributed by atoms with Crippen LogP contribution < -0.4 is 0 Å². The van der Waals surface area contributed by atoms with Crippen molar-refractivity contribution in [1.82, 2.24) is 0 Å². The molecule has 0 saturated carbocycles. The fourth-order valence-electron chi connectivity index (χ4n) is 0.439. The summed E-state index contributed by atoms with van der Waals surface area (Å²) in [7, 11) is 0. The van der Waals surface area contributed by atoms with Crippen molar-refractivity contribution in [2.24, 2.45) is 0 Å². The van der Waals surface area contributed by atoms with Crippen LogP contribution in [-0.2, 0) is 0 Å². The third-order valence-electron chi connectivity index (χ3n) is 0.848. The van der Waals surface area contributed by atoms with Gasteiger partial charge in [0.15, 0.2) is 0 Å². The summed E-state index contributed by atoms with van der Waals surface area (Å²) in [6, 6.07) is 1.67. The minimum Gasteiger partial charge on any atom is -0.192 e. The van der Waals surface area contributed by atoms with E-state index in [2.05, 4.69) is 15.9 Å². The maximum Gasteiger partial charge on any atom is 0.100 e. The molecule has 1 aromatic rings. The molecule has 0 unspecified atom stereocenters. The summed E-state index contributed by atoms with van der Waals surface area (Å²) < 4.78 is 23.1. The van der Waals surface area contributed by atoms with Crippen LogP contribution in [0.25, 0.3) is 0 Å². The van der Waals surface area contributed by atoms with Crippen LogP contribution in [0.15, 0.2) is 22.6 Å². The Balaban J connectivity index is 3.69. The van der Waals surface area contributed by atoms with Gasteiger partial charge in [-0.3, -0.25) is 0 Å². The summed E-state index contributed by atoms with van der Waals surface area (Å²) in [6.45, 7) is 0. The van der Waals surface area contributed by atoms with Crippen LogP contribution in [0.2, 0.25) is 0 Å². The molecule has 0 radical (unpaired) electrons. The third-order valence-corrected chi connectivity index (χ3v) is 2.05. The Morgan fingerprint density at radius 1 is 1.70 bits per heavy atom. The van der Waals surface area contributed by atoms with Gasteiger partial charge in [-0.05, 0) is 40.7 Å². The van der Waals surface area contributed by atoms with Gasteiger partial charge in [0.2, 0.25) is 0 Å². The van der Waals surface area contributed by atoms with Gasteiger partial charge in [0, 0.05) is 8.04 Å². The SMILES string of the molecule is [2H]c1c([2H])c(C#N)c(I)c([2H])c1Br. The van der Waals surface area contributed by atoms with E-state index < -0.39 is 0 Å². The Morgan fingerprint density at radius 2 is 2.40 bits per heavy atom. The van der Waals surface area contributed by atoms with Crippen LogP contribution in [0.1, 0.15) is 9.68 Å². The first-order chi connectivity index (χ1) is 6.00. The van der Waals surface area contributed by atoms with E-state index in [1.54, 1.807) is 0 Å². The van der Waals surface area contributed by atoms with E-state index in [0.717, 1.165) is 0 Å². The average molecular weight is 311 g/mol. The smallest absolute Gasteiger partial charge is 0.100 e. The molecule has 1 aromatic carbocycles. The van der Waals surface area contributed by atoms with Crippen LogP contribution >= 0.6 is 38.5 Å². The second-order valence-electron chi connectivity index (χ2n) is 1.49. The molecule has 1 rings (SSSR count). The first kappa shape index (κ1) is 4.73. The molecule has 3 heteroatoms. The van der Waals surface area contributed by atoms with E-state index in [9.17, 15) is 0 Å². The van der Waals surface area contributed by atoms with Crippen LogP contribution in [0, 0.1) is 14.9 Å². The molecule has 0 saturated heterocycles. The van der Waals surface area contributed by atoms with Crippen LogP contribution in [0.3, 0.4) is 0 Å². The topological polar surface area (TPSA) is 23.8 Å². The van der Waals surface area contributed by atoms with Crippen molar-refractivity contribution in [3.63, 3.8) is 0 Å². The van der Waals surface area contributed by atoms with Crippen LogP contribution in [0.4, 0.5) is 0 Å². The molecule has 0 spiro atoms. The van der Waals surface area contributed by atoms with E-state index in [1.807, 2.05) is 28.7 Å². The number of benzene rings is 1. The number of halogens is 2. The Bertz CT molecular complexity index is 384. The highest BCUT2D eigenvalue weighted by atomic mass is 127. The van der Waals surface area contributed by atoms with Crippen molar-refractivity contribution in [1.29, 1.82) is 5.26 Å². The molecule has 0 fully saturated rings. The standard InChI is InChI=1S/C7H3BrIN/c8-6-2-1-5(4-10)7(9)3-6/h1-3H/i1D,2D,3D. The first-order valence-corrected chi connectivity index (χ1v) is 4.22. The Kier molecular flexibility index (Phi) is 1.58. The molecular weight excluding hydrogens is 305 g/mol. The molecule has 0 bridgehead atoms. The lowest BCUT2D eigenvalue weighted by Gasteiger charge is -1.93. The molecule has 0 aromatic heterocycles. The van der Waals surface area contributed by atoms with E-state index in [1.165, 1.54) is 0 Å². The lowest BCUT2D eigenvalue weighted by Crippen LogP contribution is -1.79. The second kappa shape index (κ2) is 3.35. The maximum absolute atomic E-state index is 8.68. The third kappa shape index (κ3) is 1.70. The monoisotopic (exact) mass is 310 g/mol. The highest BCUT2D eigenvalue weighted by molar-refractivity contribution is 14.1. The van der Waals surface area contributed by atoms with Crippen molar-refractivity contribution in [2.75, 3.05) is 0 Å². The van der Waals surface area contributed by atoms with E-state index >= 15 is 0 Å². The van der Waals surface area contributed by atoms with Crippen molar-refractivity contribution in [2.45, 2.75) is 0 Å². The van der Waals surface area contributed by atoms with Crippen LogP contribution in [0.5, 0.6) is 0 Å². The Morgan fingerprint density at radius 3 is 3.00 bits per heavy atom. The van der Waals surface area contributed by atoms with Gasteiger partial charge in [0.1, 0.15) is 6.07 Å². The normalized spacial score (nSPS) is 13.1. The van der Waals surface area contributed by atoms with Crippen molar-refractivity contribution in [3.8, 4) is 6.07 Å². The van der Waals surface area contributed by atoms with Crippen LogP contribution in [-0.4, -0.2) is 0 Å². The molecule has 0 amide bonds. The number of nitriles is 1. The zero-order valence-corrected chi connectivity index (χ0v) is 8.45. The fraction of sp³-hybridized carbons (Fsp3) is 0. The molecule has 1 nitrogen and oxygen atoms in total. The van der Waals surface area contributed by atoms with Crippen molar-refractivity contribution >= 4 is 38.5 Å². The van der Waals surface area contributed by atoms with Gasteiger partial charge in [-0.1, -0.05) is 15.9 Å². The summed E-state index contributed by atoms with van der Waals surface area (Å²) in [6.07, 6.45) is 0. The summed E-state index contributed by atoms with van der Waals surface area (Å²) in [5.74, 6) is 0. The zero-order valence-electron chi connectivity index (χ0n) is 7.70. The summed E-state index contributed by atoms with van der Waals surface area (Å²) in [4.78, 5) is 0. The zero-order chi connectivity index (χ0) is 10.2. The van der Waals surface area contributed by atoms with Gasteiger partial charge in [0.25, 0.3) is 0 Å². The minimum atomic E-state index is -0.130. The molecule has 10 heavy (non-hydrogen) atoms. The van der Waals surface area contributed by atoms with Crippen molar-refractivity contribution in [3.05, 3.63) is 31.7 Å². The lowest BCUT2D eigenvalue weighted by molar-refractivity contribution is 1.45. The maximum atomic E-state index is 8.68. The molecule has 0 aliphatic rings. The number of nitrogens with zero attached hydrogens (tertiary/aromatic N) is 1. The second-order valence-corrected chi connectivity index (χ2v) is 3.36. The van der Waals surface area contributed by atoms with Gasteiger partial charge in [-0.2, -0.15) is 5.26 Å². The summed E-state index contributed by atoms with van der Waals surface area (Å²) in [5.41, 5.74) is 0.0961. The van der Waals surface area contributed by atoms with E-state index in [-0.39, 0.29) is 28.2 Å². The minimum absolute atomic E-state index is 0.0955. The number of rotatable bonds is 0. The van der Waals surface area contributed by atoms with Gasteiger partial charge < -0.3 is 0 Å². The summed E-state index contributed by atoms with van der Waals surface area (Å²) in [5, 5.41) is 8.68. The Hall–Kier alpha value is -0.0800. The van der Waals surface area contributed by atoms with Gasteiger partial charge in [-0.15, -0.1) is 0 Å². The van der Waals surface area contributed by atoms with Gasteiger partial charge in [-0.25, -0.2) is 0 Å². The fourth-order valence-corrected chi connectivity index (χ4v) is 1.63. The first-order valence-electron chi connectivity index (χ1n) is 3.85. The largest absolute Gasteiger partial charge is 0.192 e. The predicted molar refractivity (Wildman–Crippen MR) is 51.6 cm³/mol. The average Bonchev–Trinajstić information content (AvgIpc) is 2.13. The molecule has 0 aliphatic carbocycles. The van der Waals surface area contributed by atoms with Crippen molar-refractivity contribution < 1.29 is 4.11 Å².